The van der Waals surface area contributed by atoms with Crippen LogP contribution in [0.2, 0.25) is 0 Å². The number of carbonyl (C=O) groups is 2. The van der Waals surface area contributed by atoms with Gasteiger partial charge in [0.15, 0.2) is 6.10 Å². The molecule has 338 valence electrons. The largest absolute Gasteiger partial charge is 0.472 e. The SMILES string of the molecule is CCCCC/C=C/C/C=C/CCCCCCCCCC(=O)OC[C@H](COP(=O)(O)OCC[N+](C)(C)C)OC(=O)CCCCCCCCC/C=C/C/C=C/CCCCC. The van der Waals surface area contributed by atoms with Crippen molar-refractivity contribution in [3.8, 4) is 0 Å². The normalized spacial score (nSPS) is 14.0. The Bertz CT molecular complexity index is 1130. The second kappa shape index (κ2) is 40.4. The molecular weight excluding hydrogens is 750 g/mol. The van der Waals surface area contributed by atoms with Crippen molar-refractivity contribution in [1.82, 2.24) is 0 Å². The molecule has 58 heavy (non-hydrogen) atoms. The van der Waals surface area contributed by atoms with Crippen LogP contribution in [0, 0.1) is 0 Å². The third-order valence-corrected chi connectivity index (χ3v) is 10.8. The summed E-state index contributed by atoms with van der Waals surface area (Å²) in [5.41, 5.74) is 0. The number of rotatable bonds is 42. The summed E-state index contributed by atoms with van der Waals surface area (Å²) in [5.74, 6) is -0.816. The lowest BCUT2D eigenvalue weighted by Crippen LogP contribution is -2.37. The van der Waals surface area contributed by atoms with E-state index in [9.17, 15) is 19.0 Å². The summed E-state index contributed by atoms with van der Waals surface area (Å²) in [6, 6.07) is 0. The fourth-order valence-corrected chi connectivity index (χ4v) is 6.87. The van der Waals surface area contributed by atoms with Crippen LogP contribution in [0.15, 0.2) is 48.6 Å². The number of nitrogens with zero attached hydrogens (tertiary/aromatic N) is 1. The van der Waals surface area contributed by atoms with E-state index in [-0.39, 0.29) is 32.0 Å². The molecule has 0 saturated carbocycles. The molecule has 0 rings (SSSR count). The van der Waals surface area contributed by atoms with Gasteiger partial charge in [0, 0.05) is 12.8 Å². The Hall–Kier alpha value is -2.03. The van der Waals surface area contributed by atoms with Gasteiger partial charge in [0.05, 0.1) is 27.7 Å². The lowest BCUT2D eigenvalue weighted by atomic mass is 10.1. The highest BCUT2D eigenvalue weighted by Gasteiger charge is 2.27. The summed E-state index contributed by atoms with van der Waals surface area (Å²) in [4.78, 5) is 35.4. The van der Waals surface area contributed by atoms with E-state index < -0.39 is 26.5 Å². The van der Waals surface area contributed by atoms with Gasteiger partial charge in [-0.3, -0.25) is 18.6 Å². The van der Waals surface area contributed by atoms with E-state index >= 15 is 0 Å². The third kappa shape index (κ3) is 43.5. The molecule has 2 atom stereocenters. The summed E-state index contributed by atoms with van der Waals surface area (Å²) >= 11 is 0. The van der Waals surface area contributed by atoms with Crippen molar-refractivity contribution in [3.05, 3.63) is 48.6 Å². The zero-order valence-electron chi connectivity index (χ0n) is 38.0. The van der Waals surface area contributed by atoms with Crippen LogP contribution in [0.3, 0.4) is 0 Å². The van der Waals surface area contributed by atoms with Crippen LogP contribution >= 0.6 is 7.82 Å². The zero-order chi connectivity index (χ0) is 42.8. The van der Waals surface area contributed by atoms with Gasteiger partial charge in [-0.25, -0.2) is 4.57 Å². The van der Waals surface area contributed by atoms with Crippen molar-refractivity contribution in [1.29, 1.82) is 0 Å². The molecule has 10 heteroatoms. The number of likely N-dealkylation sites (N-methyl/N-ethyl adjacent to an activating group) is 1. The van der Waals surface area contributed by atoms with Gasteiger partial charge in [-0.05, 0) is 77.0 Å². The fourth-order valence-electron chi connectivity index (χ4n) is 6.13. The molecule has 1 unspecified atom stereocenters. The van der Waals surface area contributed by atoms with Crippen molar-refractivity contribution < 1.29 is 42.1 Å². The first-order valence-electron chi connectivity index (χ1n) is 23.4. The first-order chi connectivity index (χ1) is 28.0. The minimum absolute atomic E-state index is 0.0274. The van der Waals surface area contributed by atoms with E-state index in [2.05, 4.69) is 62.5 Å². The van der Waals surface area contributed by atoms with Gasteiger partial charge < -0.3 is 18.9 Å². The van der Waals surface area contributed by atoms with Gasteiger partial charge in [-0.2, -0.15) is 0 Å². The molecule has 0 fully saturated rings. The number of allylic oxidation sites excluding steroid dienone is 8. The average Bonchev–Trinajstić information content (AvgIpc) is 3.17. The monoisotopic (exact) mass is 839 g/mol. The van der Waals surface area contributed by atoms with E-state index in [4.69, 9.17) is 18.5 Å². The Morgan fingerprint density at radius 2 is 0.931 bits per heavy atom. The molecule has 0 amide bonds. The van der Waals surface area contributed by atoms with Gasteiger partial charge in [0.25, 0.3) is 0 Å². The van der Waals surface area contributed by atoms with E-state index in [0.717, 1.165) is 70.6 Å². The smallest absolute Gasteiger partial charge is 0.462 e. The minimum atomic E-state index is -4.38. The maximum Gasteiger partial charge on any atom is 0.472 e. The van der Waals surface area contributed by atoms with Crippen LogP contribution in [-0.4, -0.2) is 74.9 Å². The van der Waals surface area contributed by atoms with Crippen LogP contribution in [-0.2, 0) is 32.7 Å². The number of hydrogen-bond acceptors (Lipinski definition) is 7. The average molecular weight is 839 g/mol. The second-order valence-corrected chi connectivity index (χ2v) is 18.2. The van der Waals surface area contributed by atoms with Crippen molar-refractivity contribution in [2.24, 2.45) is 0 Å². The van der Waals surface area contributed by atoms with E-state index in [0.29, 0.717) is 17.4 Å². The Balaban J connectivity index is 4.35. The number of unbranched alkanes of at least 4 members (excludes halogenated alkanes) is 20. The summed E-state index contributed by atoms with van der Waals surface area (Å²) in [5, 5.41) is 0. The maximum absolute atomic E-state index is 12.7. The number of phosphoric acid groups is 1. The molecular formula is C48H89NO8P+. The van der Waals surface area contributed by atoms with Crippen molar-refractivity contribution in [2.75, 3.05) is 47.5 Å². The number of ether oxygens (including phenoxy) is 2. The lowest BCUT2D eigenvalue weighted by Gasteiger charge is -2.24. The highest BCUT2D eigenvalue weighted by atomic mass is 31.2. The molecule has 0 aromatic heterocycles. The number of esters is 2. The Morgan fingerprint density at radius 1 is 0.534 bits per heavy atom. The highest BCUT2D eigenvalue weighted by molar-refractivity contribution is 7.47. The van der Waals surface area contributed by atoms with Crippen molar-refractivity contribution in [2.45, 2.75) is 200 Å². The third-order valence-electron chi connectivity index (χ3n) is 9.83. The highest BCUT2D eigenvalue weighted by Crippen LogP contribution is 2.43. The summed E-state index contributed by atoms with van der Waals surface area (Å²) in [7, 11) is 1.46. The first-order valence-corrected chi connectivity index (χ1v) is 24.9. The second-order valence-electron chi connectivity index (χ2n) is 16.8. The maximum atomic E-state index is 12.7. The van der Waals surface area contributed by atoms with Gasteiger partial charge in [0.1, 0.15) is 19.8 Å². The lowest BCUT2D eigenvalue weighted by molar-refractivity contribution is -0.870. The fraction of sp³-hybridized carbons (Fsp3) is 0.792. The van der Waals surface area contributed by atoms with Crippen LogP contribution in [0.1, 0.15) is 194 Å². The quantitative estimate of drug-likeness (QED) is 0.0213. The number of quaternary nitrogens is 1. The standard InChI is InChI=1S/C48H88NO8P/c1-6-8-10-12-14-16-18-20-22-24-26-28-30-32-34-36-38-40-47(50)54-44-46(45-56-58(52,53)55-43-42-49(3,4)5)57-48(51)41-39-37-35-33-31-29-27-25-23-21-19-17-15-13-11-9-7-2/h14-17,20-23,46H,6-13,18-19,24-45H2,1-5H3/p+1/b16-14+,17-15+,22-20+,23-21+/t46-/m1/s1. The molecule has 0 saturated heterocycles. The molecule has 9 nitrogen and oxygen atoms in total. The van der Waals surface area contributed by atoms with Crippen LogP contribution in [0.4, 0.5) is 0 Å². The Labute approximate surface area is 356 Å². The molecule has 0 aliphatic rings. The molecule has 0 aromatic rings. The predicted molar refractivity (Wildman–Crippen MR) is 243 cm³/mol. The molecule has 1 N–H and O–H groups in total. The summed E-state index contributed by atoms with van der Waals surface area (Å²) in [6.45, 7) is 4.36. The summed E-state index contributed by atoms with van der Waals surface area (Å²) < 4.78 is 34.4. The number of hydrogen-bond donors (Lipinski definition) is 1. The minimum Gasteiger partial charge on any atom is -0.462 e. The molecule has 0 aliphatic carbocycles. The topological polar surface area (TPSA) is 108 Å². The molecule has 0 aliphatic heterocycles. The molecule has 0 heterocycles. The predicted octanol–water partition coefficient (Wildman–Crippen LogP) is 13.5. The van der Waals surface area contributed by atoms with Crippen molar-refractivity contribution in [3.63, 3.8) is 0 Å². The van der Waals surface area contributed by atoms with Gasteiger partial charge in [-0.1, -0.05) is 152 Å². The van der Waals surface area contributed by atoms with E-state index in [1.807, 2.05) is 21.1 Å². The molecule has 0 spiro atoms. The zero-order valence-corrected chi connectivity index (χ0v) is 38.9. The molecule has 0 radical (unpaired) electrons. The van der Waals surface area contributed by atoms with Crippen LogP contribution in [0.5, 0.6) is 0 Å². The van der Waals surface area contributed by atoms with Gasteiger partial charge in [-0.15, -0.1) is 0 Å². The molecule has 0 bridgehead atoms. The van der Waals surface area contributed by atoms with Crippen molar-refractivity contribution >= 4 is 19.8 Å². The Morgan fingerprint density at radius 3 is 1.36 bits per heavy atom. The number of carbonyl (C=O) groups excluding carboxylic acids is 2. The van der Waals surface area contributed by atoms with E-state index in [1.165, 1.54) is 89.9 Å². The van der Waals surface area contributed by atoms with E-state index in [1.54, 1.807) is 0 Å². The van der Waals surface area contributed by atoms with Gasteiger partial charge in [0.2, 0.25) is 0 Å². The molecule has 0 aromatic carbocycles. The summed E-state index contributed by atoms with van der Waals surface area (Å²) in [6.07, 6.45) is 47.2. The van der Waals surface area contributed by atoms with Crippen LogP contribution in [0.25, 0.3) is 0 Å². The Kier molecular flexibility index (Phi) is 39.0. The van der Waals surface area contributed by atoms with Gasteiger partial charge >= 0.3 is 19.8 Å². The van der Waals surface area contributed by atoms with Crippen LogP contribution < -0.4 is 0 Å². The number of phosphoric ester groups is 1. The first kappa shape index (κ1) is 56.0.